The van der Waals surface area contributed by atoms with E-state index in [1.54, 1.807) is 0 Å². The number of guanidine groups is 1. The van der Waals surface area contributed by atoms with Gasteiger partial charge in [0, 0.05) is 18.8 Å². The van der Waals surface area contributed by atoms with Crippen molar-refractivity contribution < 1.29 is 9.59 Å². The fraction of sp³-hybridized carbons (Fsp3) is 0.750. The van der Waals surface area contributed by atoms with Gasteiger partial charge in [-0.25, -0.2) is 0 Å². The lowest BCUT2D eigenvalue weighted by atomic mass is 10.1. The van der Waals surface area contributed by atoms with Crippen LogP contribution in [0.5, 0.6) is 0 Å². The lowest BCUT2D eigenvalue weighted by Gasteiger charge is -2.15. The molecule has 0 aliphatic carbocycles. The summed E-state index contributed by atoms with van der Waals surface area (Å²) in [5.41, 5.74) is 15.8. The van der Waals surface area contributed by atoms with E-state index in [9.17, 15) is 9.59 Å². The van der Waals surface area contributed by atoms with E-state index in [1.807, 2.05) is 0 Å². The van der Waals surface area contributed by atoms with Crippen molar-refractivity contribution in [3.8, 4) is 0 Å². The number of hydrogen-bond donors (Lipinski definition) is 4. The zero-order valence-electron chi connectivity index (χ0n) is 11.9. The van der Waals surface area contributed by atoms with E-state index in [0.29, 0.717) is 25.3 Å². The molecule has 1 atom stereocenters. The van der Waals surface area contributed by atoms with Crippen LogP contribution in [0.25, 0.3) is 0 Å². The molecule has 8 heteroatoms. The predicted molar refractivity (Wildman–Crippen MR) is 83.5 cm³/mol. The van der Waals surface area contributed by atoms with Crippen LogP contribution in [0.3, 0.4) is 0 Å². The van der Waals surface area contributed by atoms with E-state index >= 15 is 0 Å². The molecule has 1 amide bonds. The first-order valence-electron chi connectivity index (χ1n) is 6.60. The maximum atomic E-state index is 11.6. The Balaban J connectivity index is 3.95. The van der Waals surface area contributed by atoms with Gasteiger partial charge in [0.2, 0.25) is 5.91 Å². The molecule has 0 spiro atoms. The van der Waals surface area contributed by atoms with Gasteiger partial charge in [0.15, 0.2) is 11.7 Å². The number of nitrogens with one attached hydrogen (secondary N) is 1. The molecule has 0 fully saturated rings. The van der Waals surface area contributed by atoms with Crippen molar-refractivity contribution in [1.82, 2.24) is 5.32 Å². The molecule has 0 aromatic rings. The molecule has 116 valence electrons. The zero-order chi connectivity index (χ0) is 15.4. The van der Waals surface area contributed by atoms with Crippen molar-refractivity contribution in [2.45, 2.75) is 32.2 Å². The van der Waals surface area contributed by atoms with Gasteiger partial charge in [-0.3, -0.25) is 14.6 Å². The second kappa shape index (κ2) is 11.5. The van der Waals surface area contributed by atoms with Gasteiger partial charge in [-0.2, -0.15) is 11.8 Å². The van der Waals surface area contributed by atoms with Gasteiger partial charge in [0.25, 0.3) is 0 Å². The van der Waals surface area contributed by atoms with Crippen LogP contribution in [0.1, 0.15) is 26.2 Å². The number of thioether (sulfide) groups is 1. The average molecular weight is 303 g/mol. The third kappa shape index (κ3) is 10.6. The van der Waals surface area contributed by atoms with E-state index in [0.717, 1.165) is 18.6 Å². The first-order chi connectivity index (χ1) is 9.47. The summed E-state index contributed by atoms with van der Waals surface area (Å²) in [6.45, 7) is 2.56. The van der Waals surface area contributed by atoms with Gasteiger partial charge < -0.3 is 22.5 Å². The molecule has 0 aliphatic heterocycles. The minimum Gasteiger partial charge on any atom is -0.370 e. The van der Waals surface area contributed by atoms with Gasteiger partial charge >= 0.3 is 0 Å². The maximum Gasteiger partial charge on any atom is 0.230 e. The standard InChI is InChI=1S/C12H25N5O2S/c1-9(18)10(4-2-3-6-16-12(14)15)17-11(19)8-20-7-5-13/h10H,2-8,13H2,1H3,(H,17,19)(H4,14,15,16). The summed E-state index contributed by atoms with van der Waals surface area (Å²) >= 11 is 1.46. The van der Waals surface area contributed by atoms with Crippen LogP contribution in [-0.4, -0.2) is 48.3 Å². The summed E-state index contributed by atoms with van der Waals surface area (Å²) in [4.78, 5) is 27.0. The minimum atomic E-state index is -0.430. The lowest BCUT2D eigenvalue weighted by Crippen LogP contribution is -2.40. The third-order valence-corrected chi connectivity index (χ3v) is 3.51. The van der Waals surface area contributed by atoms with Crippen LogP contribution in [0, 0.1) is 0 Å². The van der Waals surface area contributed by atoms with Crippen LogP contribution in [0.15, 0.2) is 4.99 Å². The highest BCUT2D eigenvalue weighted by atomic mass is 32.2. The van der Waals surface area contributed by atoms with Gasteiger partial charge in [-0.15, -0.1) is 0 Å². The molecule has 20 heavy (non-hydrogen) atoms. The van der Waals surface area contributed by atoms with Crippen LogP contribution >= 0.6 is 11.8 Å². The summed E-state index contributed by atoms with van der Waals surface area (Å²) in [5.74, 6) is 0.960. The van der Waals surface area contributed by atoms with Crippen molar-refractivity contribution in [2.75, 3.05) is 24.6 Å². The number of carbonyl (C=O) groups excluding carboxylic acids is 2. The SMILES string of the molecule is CC(=O)C(CCCCN=C(N)N)NC(=O)CSCCN. The average Bonchev–Trinajstić information content (AvgIpc) is 2.36. The molecule has 7 nitrogen and oxygen atoms in total. The van der Waals surface area contributed by atoms with Crippen molar-refractivity contribution in [3.05, 3.63) is 0 Å². The number of carbonyl (C=O) groups is 2. The number of unbranched alkanes of at least 4 members (excludes halogenated alkanes) is 1. The quantitative estimate of drug-likeness (QED) is 0.224. The largest absolute Gasteiger partial charge is 0.370 e. The fourth-order valence-electron chi connectivity index (χ4n) is 1.53. The van der Waals surface area contributed by atoms with E-state index in [2.05, 4.69) is 10.3 Å². The Hall–Kier alpha value is -1.28. The first-order valence-corrected chi connectivity index (χ1v) is 7.75. The molecular weight excluding hydrogens is 278 g/mol. The Morgan fingerprint density at radius 2 is 2.00 bits per heavy atom. The zero-order valence-corrected chi connectivity index (χ0v) is 12.7. The number of aliphatic imine (C=N–C) groups is 1. The predicted octanol–water partition coefficient (Wildman–Crippen LogP) is -0.804. The Morgan fingerprint density at radius 1 is 1.30 bits per heavy atom. The van der Waals surface area contributed by atoms with Crippen molar-refractivity contribution >= 4 is 29.4 Å². The van der Waals surface area contributed by atoms with E-state index in [4.69, 9.17) is 17.2 Å². The van der Waals surface area contributed by atoms with Crippen LogP contribution in [-0.2, 0) is 9.59 Å². The molecule has 0 saturated carbocycles. The molecule has 0 heterocycles. The van der Waals surface area contributed by atoms with Crippen molar-refractivity contribution in [1.29, 1.82) is 0 Å². The molecule has 0 aromatic heterocycles. The van der Waals surface area contributed by atoms with E-state index in [1.165, 1.54) is 18.7 Å². The second-order valence-electron chi connectivity index (χ2n) is 4.37. The molecule has 7 N–H and O–H groups in total. The van der Waals surface area contributed by atoms with Crippen molar-refractivity contribution in [2.24, 2.45) is 22.2 Å². The Kier molecular flexibility index (Phi) is 10.8. The Bertz CT molecular complexity index is 332. The summed E-state index contributed by atoms with van der Waals surface area (Å²) < 4.78 is 0. The van der Waals surface area contributed by atoms with Crippen LogP contribution in [0.4, 0.5) is 0 Å². The highest BCUT2D eigenvalue weighted by molar-refractivity contribution is 7.99. The maximum absolute atomic E-state index is 11.6. The number of hydrogen-bond acceptors (Lipinski definition) is 5. The highest BCUT2D eigenvalue weighted by Crippen LogP contribution is 2.04. The number of rotatable bonds is 11. The molecule has 0 aliphatic rings. The fourth-order valence-corrected chi connectivity index (χ4v) is 2.11. The number of nitrogens with two attached hydrogens (primary N) is 3. The van der Waals surface area contributed by atoms with Gasteiger partial charge in [0.1, 0.15) is 0 Å². The normalized spacial score (nSPS) is 11.7. The van der Waals surface area contributed by atoms with Crippen molar-refractivity contribution in [3.63, 3.8) is 0 Å². The number of ketones is 1. The molecule has 0 radical (unpaired) electrons. The monoisotopic (exact) mass is 303 g/mol. The number of nitrogens with zero attached hydrogens (tertiary/aromatic N) is 1. The third-order valence-electron chi connectivity index (χ3n) is 2.52. The van der Waals surface area contributed by atoms with E-state index < -0.39 is 6.04 Å². The van der Waals surface area contributed by atoms with Gasteiger partial charge in [0.05, 0.1) is 11.8 Å². The van der Waals surface area contributed by atoms with Crippen LogP contribution < -0.4 is 22.5 Å². The summed E-state index contributed by atoms with van der Waals surface area (Å²) in [7, 11) is 0. The van der Waals surface area contributed by atoms with Crippen LogP contribution in [0.2, 0.25) is 0 Å². The minimum absolute atomic E-state index is 0.0379. The Morgan fingerprint density at radius 3 is 2.55 bits per heavy atom. The van der Waals surface area contributed by atoms with Gasteiger partial charge in [-0.1, -0.05) is 0 Å². The molecular formula is C12H25N5O2S. The molecule has 0 aromatic carbocycles. The van der Waals surface area contributed by atoms with E-state index in [-0.39, 0.29) is 17.6 Å². The summed E-state index contributed by atoms with van der Waals surface area (Å²) in [5, 5.41) is 2.74. The summed E-state index contributed by atoms with van der Waals surface area (Å²) in [6, 6.07) is -0.430. The summed E-state index contributed by atoms with van der Waals surface area (Å²) in [6.07, 6.45) is 2.15. The number of amides is 1. The lowest BCUT2D eigenvalue weighted by molar-refractivity contribution is -0.125. The molecule has 0 bridgehead atoms. The smallest absolute Gasteiger partial charge is 0.230 e. The number of Topliss-reactive ketones (excluding diaryl/α,β-unsaturated/α-hetero) is 1. The van der Waals surface area contributed by atoms with Gasteiger partial charge in [-0.05, 0) is 26.2 Å². The first kappa shape index (κ1) is 18.7. The second-order valence-corrected chi connectivity index (χ2v) is 5.48. The topological polar surface area (TPSA) is 137 Å². The molecule has 0 rings (SSSR count). The molecule has 0 saturated heterocycles. The molecule has 1 unspecified atom stereocenters. The Labute approximate surface area is 124 Å². The highest BCUT2D eigenvalue weighted by Gasteiger charge is 2.16.